The van der Waals surface area contributed by atoms with Crippen LogP contribution < -0.4 is 11.1 Å². The fraction of sp³-hybridized carbons (Fsp3) is 0.500. The molecule has 3 N–H and O–H groups in total. The number of esters is 1. The molecule has 3 saturated carbocycles. The highest BCUT2D eigenvalue weighted by atomic mass is 16.5. The number of hydrogen-bond acceptors (Lipinski definition) is 4. The Morgan fingerprint density at radius 1 is 1.41 bits per heavy atom. The molecule has 116 valence electrons. The lowest BCUT2D eigenvalue weighted by atomic mass is 9.51. The van der Waals surface area contributed by atoms with Gasteiger partial charge in [0.1, 0.15) is 0 Å². The Bertz CT molecular complexity index is 651. The zero-order valence-electron chi connectivity index (χ0n) is 12.9. The number of hydrogen-bond donors (Lipinski definition) is 2. The first-order valence-corrected chi connectivity index (χ1v) is 8.15. The summed E-state index contributed by atoms with van der Waals surface area (Å²) in [5.74, 6) is 1.27. The summed E-state index contributed by atoms with van der Waals surface area (Å²) in [5, 5.41) is 3.69. The zero-order chi connectivity index (χ0) is 15.3. The highest BCUT2D eigenvalue weighted by Gasteiger charge is 2.52. The van der Waals surface area contributed by atoms with E-state index in [1.807, 2.05) is 6.07 Å². The predicted molar refractivity (Wildman–Crippen MR) is 86.7 cm³/mol. The van der Waals surface area contributed by atoms with E-state index in [-0.39, 0.29) is 11.5 Å². The van der Waals surface area contributed by atoms with Crippen molar-refractivity contribution >= 4 is 17.3 Å². The van der Waals surface area contributed by atoms with Crippen LogP contribution in [0.5, 0.6) is 0 Å². The van der Waals surface area contributed by atoms with Crippen molar-refractivity contribution in [2.45, 2.75) is 38.1 Å². The fourth-order valence-electron chi connectivity index (χ4n) is 4.49. The molecule has 4 heteroatoms. The van der Waals surface area contributed by atoms with Gasteiger partial charge in [-0.05, 0) is 62.6 Å². The third-order valence-corrected chi connectivity index (χ3v) is 5.48. The van der Waals surface area contributed by atoms with Gasteiger partial charge in [0.25, 0.3) is 0 Å². The van der Waals surface area contributed by atoms with E-state index >= 15 is 0 Å². The Hall–Kier alpha value is -1.97. The first-order valence-electron chi connectivity index (χ1n) is 8.15. The average molecular weight is 298 g/mol. The van der Waals surface area contributed by atoms with Crippen LogP contribution in [0.3, 0.4) is 0 Å². The summed E-state index contributed by atoms with van der Waals surface area (Å²) in [6.45, 7) is 2.18. The predicted octanol–water partition coefficient (Wildman–Crippen LogP) is 3.36. The van der Waals surface area contributed by atoms with Crippen molar-refractivity contribution in [3.63, 3.8) is 0 Å². The summed E-state index contributed by atoms with van der Waals surface area (Å²) in [4.78, 5) is 11.8. The molecule has 0 heterocycles. The van der Waals surface area contributed by atoms with Gasteiger partial charge in [0.05, 0.1) is 23.5 Å². The van der Waals surface area contributed by atoms with Crippen LogP contribution in [0.2, 0.25) is 0 Å². The lowest BCUT2D eigenvalue weighted by Crippen LogP contribution is -2.55. The van der Waals surface area contributed by atoms with Crippen LogP contribution in [0.25, 0.3) is 0 Å². The van der Waals surface area contributed by atoms with Crippen molar-refractivity contribution in [2.75, 3.05) is 17.7 Å². The highest BCUT2D eigenvalue weighted by Crippen LogP contribution is 2.59. The van der Waals surface area contributed by atoms with Crippen molar-refractivity contribution < 1.29 is 9.53 Å². The molecule has 0 radical (unpaired) electrons. The van der Waals surface area contributed by atoms with E-state index in [0.717, 1.165) is 23.9 Å². The SMILES string of the molecule is CCOC(=O)c1ccc(NC23CC=C4C(CC4C2)C3)c(N)c1. The number of anilines is 2. The number of nitrogens with two attached hydrogens (primary N) is 1. The van der Waals surface area contributed by atoms with Gasteiger partial charge in [0, 0.05) is 5.54 Å². The number of fused-ring (bicyclic) bond motifs is 1. The van der Waals surface area contributed by atoms with E-state index in [4.69, 9.17) is 10.5 Å². The topological polar surface area (TPSA) is 64.3 Å². The minimum atomic E-state index is -0.317. The lowest BCUT2D eigenvalue weighted by Gasteiger charge is -2.58. The van der Waals surface area contributed by atoms with Gasteiger partial charge >= 0.3 is 5.97 Å². The van der Waals surface area contributed by atoms with Crippen molar-refractivity contribution in [1.82, 2.24) is 0 Å². The van der Waals surface area contributed by atoms with E-state index in [1.54, 1.807) is 24.6 Å². The van der Waals surface area contributed by atoms with Crippen LogP contribution in [0.1, 0.15) is 43.0 Å². The van der Waals surface area contributed by atoms with Crippen molar-refractivity contribution in [3.8, 4) is 0 Å². The molecule has 0 aliphatic heterocycles. The minimum absolute atomic E-state index is 0.162. The van der Waals surface area contributed by atoms with Gasteiger partial charge in [-0.3, -0.25) is 0 Å². The molecule has 2 unspecified atom stereocenters. The molecule has 0 saturated heterocycles. The largest absolute Gasteiger partial charge is 0.462 e. The first kappa shape index (κ1) is 13.7. The van der Waals surface area contributed by atoms with E-state index < -0.39 is 0 Å². The Kier molecular flexibility index (Phi) is 2.96. The smallest absolute Gasteiger partial charge is 0.338 e. The van der Waals surface area contributed by atoms with Gasteiger partial charge in [-0.2, -0.15) is 0 Å². The number of carbonyl (C=O) groups is 1. The Balaban J connectivity index is 1.54. The maximum atomic E-state index is 11.8. The van der Waals surface area contributed by atoms with Crippen molar-refractivity contribution in [1.29, 1.82) is 0 Å². The first-order chi connectivity index (χ1) is 10.6. The number of carbonyl (C=O) groups excluding carboxylic acids is 1. The Morgan fingerprint density at radius 3 is 2.82 bits per heavy atom. The van der Waals surface area contributed by atoms with Gasteiger partial charge in [0.15, 0.2) is 0 Å². The van der Waals surface area contributed by atoms with Gasteiger partial charge in [-0.15, -0.1) is 0 Å². The summed E-state index contributed by atoms with van der Waals surface area (Å²) >= 11 is 0. The second-order valence-electron chi connectivity index (χ2n) is 6.87. The summed E-state index contributed by atoms with van der Waals surface area (Å²) in [6, 6.07) is 5.42. The molecule has 1 aromatic carbocycles. The lowest BCUT2D eigenvalue weighted by molar-refractivity contribution is 0.0526. The van der Waals surface area contributed by atoms with Crippen LogP contribution in [0, 0.1) is 11.8 Å². The fourth-order valence-corrected chi connectivity index (χ4v) is 4.49. The summed E-state index contributed by atoms with van der Waals surface area (Å²) in [5.41, 5.74) is 10.1. The molecule has 0 amide bonds. The van der Waals surface area contributed by atoms with Gasteiger partial charge < -0.3 is 15.8 Å². The van der Waals surface area contributed by atoms with Crippen molar-refractivity contribution in [3.05, 3.63) is 35.4 Å². The number of ether oxygens (including phenoxy) is 1. The van der Waals surface area contributed by atoms with Crippen LogP contribution in [-0.4, -0.2) is 18.1 Å². The molecular weight excluding hydrogens is 276 g/mol. The molecule has 0 aromatic heterocycles. The van der Waals surface area contributed by atoms with Crippen LogP contribution in [-0.2, 0) is 4.74 Å². The number of allylic oxidation sites excluding steroid dienone is 1. The molecule has 3 fully saturated rings. The number of nitrogen functional groups attached to an aromatic ring is 1. The monoisotopic (exact) mass is 298 g/mol. The summed E-state index contributed by atoms with van der Waals surface area (Å²) in [6.07, 6.45) is 7.33. The molecule has 0 spiro atoms. The van der Waals surface area contributed by atoms with E-state index in [9.17, 15) is 4.79 Å². The zero-order valence-corrected chi connectivity index (χ0v) is 12.9. The second-order valence-corrected chi connectivity index (χ2v) is 6.87. The second kappa shape index (κ2) is 4.77. The van der Waals surface area contributed by atoms with Crippen LogP contribution in [0.15, 0.2) is 29.8 Å². The van der Waals surface area contributed by atoms with Gasteiger partial charge in [-0.1, -0.05) is 11.6 Å². The Morgan fingerprint density at radius 2 is 2.18 bits per heavy atom. The molecule has 22 heavy (non-hydrogen) atoms. The molecule has 4 nitrogen and oxygen atoms in total. The molecular formula is C18H22N2O2. The highest BCUT2D eigenvalue weighted by molar-refractivity contribution is 5.92. The maximum absolute atomic E-state index is 11.8. The molecule has 4 bridgehead atoms. The quantitative estimate of drug-likeness (QED) is 0.508. The number of rotatable bonds is 4. The molecule has 1 aromatic rings. The third kappa shape index (κ3) is 2.01. The van der Waals surface area contributed by atoms with E-state index in [2.05, 4.69) is 11.4 Å². The molecule has 2 atom stereocenters. The Labute approximate surface area is 130 Å². The summed E-state index contributed by atoms with van der Waals surface area (Å²) < 4.78 is 5.02. The van der Waals surface area contributed by atoms with Crippen molar-refractivity contribution in [2.24, 2.45) is 11.8 Å². The average Bonchev–Trinajstić information content (AvgIpc) is 2.49. The maximum Gasteiger partial charge on any atom is 0.338 e. The number of nitrogens with one attached hydrogen (secondary N) is 1. The molecule has 5 aliphatic rings. The van der Waals surface area contributed by atoms with Gasteiger partial charge in [0.2, 0.25) is 0 Å². The third-order valence-electron chi connectivity index (χ3n) is 5.48. The number of benzene rings is 1. The van der Waals surface area contributed by atoms with Gasteiger partial charge in [-0.25, -0.2) is 4.79 Å². The molecule has 6 rings (SSSR count). The van der Waals surface area contributed by atoms with E-state index in [0.29, 0.717) is 17.9 Å². The summed E-state index contributed by atoms with van der Waals surface area (Å²) in [7, 11) is 0. The van der Waals surface area contributed by atoms with Crippen LogP contribution >= 0.6 is 0 Å². The molecule has 5 aliphatic carbocycles. The normalized spacial score (nSPS) is 31.2. The minimum Gasteiger partial charge on any atom is -0.462 e. The standard InChI is InChI=1S/C18H22N2O2/c1-2-22-17(21)11-3-4-16(15(19)8-11)20-18-6-5-14-12(9-18)7-13(14)10-18/h3-5,8,12-13,20H,2,6-7,9-10,19H2,1H3. The van der Waals surface area contributed by atoms with E-state index in [1.165, 1.54) is 19.3 Å². The van der Waals surface area contributed by atoms with Crippen LogP contribution in [0.4, 0.5) is 11.4 Å².